The average Bonchev–Trinajstić information content (AvgIpc) is 2.57. The van der Waals surface area contributed by atoms with Crippen molar-refractivity contribution in [2.75, 3.05) is 20.2 Å². The second kappa shape index (κ2) is 9.12. The average molecular weight is 337 g/mol. The summed E-state index contributed by atoms with van der Waals surface area (Å²) in [5, 5.41) is 4.91. The van der Waals surface area contributed by atoms with Crippen LogP contribution < -0.4 is 11.1 Å². The van der Waals surface area contributed by atoms with Crippen LogP contribution in [0.4, 0.5) is 0 Å². The van der Waals surface area contributed by atoms with Gasteiger partial charge >= 0.3 is 5.97 Å². The van der Waals surface area contributed by atoms with Crippen molar-refractivity contribution in [3.8, 4) is 0 Å². The maximum Gasteiger partial charge on any atom is 0.310 e. The first kappa shape index (κ1) is 18.9. The Balaban J connectivity index is 0.00000264. The number of nitrogens with one attached hydrogen (secondary N) is 1. The summed E-state index contributed by atoms with van der Waals surface area (Å²) in [6.07, 6.45) is 0.502. The Morgan fingerprint density at radius 3 is 2.52 bits per heavy atom. The van der Waals surface area contributed by atoms with Crippen molar-refractivity contribution >= 4 is 35.1 Å². The Morgan fingerprint density at radius 1 is 1.17 bits per heavy atom. The lowest BCUT2D eigenvalue weighted by atomic mass is 9.97. The Bertz CT molecular complexity index is 676. The van der Waals surface area contributed by atoms with Gasteiger partial charge < -0.3 is 15.8 Å². The van der Waals surface area contributed by atoms with Crippen LogP contribution in [0, 0.1) is 5.92 Å². The van der Waals surface area contributed by atoms with Crippen molar-refractivity contribution in [1.29, 1.82) is 0 Å². The van der Waals surface area contributed by atoms with Gasteiger partial charge in [0.05, 0.1) is 19.6 Å². The molecule has 5 nitrogen and oxygen atoms in total. The molecule has 2 aromatic carbocycles. The van der Waals surface area contributed by atoms with Crippen molar-refractivity contribution in [1.82, 2.24) is 5.32 Å². The standard InChI is InChI=1S/C17H20N2O3.ClH/c1-22-17(21)15(11-19-16(20)10-18)9-12-6-7-13-4-2-3-5-14(13)8-12;/h2-8,15H,9-11,18H2,1H3,(H,19,20);1H. The molecule has 0 aliphatic rings. The number of halogens is 1. The SMILES string of the molecule is COC(=O)C(CNC(=O)CN)Cc1ccc2ccccc2c1.Cl. The number of esters is 1. The molecule has 0 saturated heterocycles. The number of rotatable bonds is 6. The molecule has 0 fully saturated rings. The molecule has 0 aromatic heterocycles. The number of hydrogen-bond donors (Lipinski definition) is 2. The first-order valence-electron chi connectivity index (χ1n) is 7.16. The van der Waals surface area contributed by atoms with E-state index >= 15 is 0 Å². The third-order valence-corrected chi connectivity index (χ3v) is 3.56. The van der Waals surface area contributed by atoms with Gasteiger partial charge in [-0.15, -0.1) is 12.4 Å². The zero-order valence-electron chi connectivity index (χ0n) is 13.0. The number of methoxy groups -OCH3 is 1. The number of ether oxygens (including phenoxy) is 1. The van der Waals surface area contributed by atoms with Gasteiger partial charge in [-0.25, -0.2) is 0 Å². The maximum absolute atomic E-state index is 11.9. The number of amides is 1. The Morgan fingerprint density at radius 2 is 1.87 bits per heavy atom. The fraction of sp³-hybridized carbons (Fsp3) is 0.294. The normalized spacial score (nSPS) is 11.4. The summed E-state index contributed by atoms with van der Waals surface area (Å²) < 4.78 is 4.82. The molecular weight excluding hydrogens is 316 g/mol. The molecule has 1 amide bonds. The topological polar surface area (TPSA) is 81.4 Å². The first-order valence-corrected chi connectivity index (χ1v) is 7.16. The summed E-state index contributed by atoms with van der Waals surface area (Å²) in [4.78, 5) is 23.1. The van der Waals surface area contributed by atoms with E-state index in [0.29, 0.717) is 6.42 Å². The molecule has 3 N–H and O–H groups in total. The Hall–Kier alpha value is -2.11. The van der Waals surface area contributed by atoms with Crippen LogP contribution in [0.3, 0.4) is 0 Å². The molecule has 1 atom stereocenters. The predicted molar refractivity (Wildman–Crippen MR) is 92.5 cm³/mol. The number of carbonyl (C=O) groups excluding carboxylic acids is 2. The minimum Gasteiger partial charge on any atom is -0.469 e. The minimum absolute atomic E-state index is 0. The highest BCUT2D eigenvalue weighted by Crippen LogP contribution is 2.18. The zero-order chi connectivity index (χ0) is 15.9. The van der Waals surface area contributed by atoms with Crippen LogP contribution in [0.15, 0.2) is 42.5 Å². The number of hydrogen-bond acceptors (Lipinski definition) is 4. The van der Waals surface area contributed by atoms with Crippen LogP contribution in [0.2, 0.25) is 0 Å². The molecule has 0 aliphatic carbocycles. The highest BCUT2D eigenvalue weighted by Gasteiger charge is 2.20. The van der Waals surface area contributed by atoms with Crippen LogP contribution in [-0.2, 0) is 20.7 Å². The second-order valence-electron chi connectivity index (χ2n) is 5.11. The molecule has 124 valence electrons. The monoisotopic (exact) mass is 336 g/mol. The minimum atomic E-state index is -0.429. The quantitative estimate of drug-likeness (QED) is 0.786. The van der Waals surface area contributed by atoms with E-state index in [1.165, 1.54) is 7.11 Å². The van der Waals surface area contributed by atoms with Crippen LogP contribution in [0.5, 0.6) is 0 Å². The van der Waals surface area contributed by atoms with Gasteiger partial charge in [0.1, 0.15) is 0 Å². The third-order valence-electron chi connectivity index (χ3n) is 3.56. The Kier molecular flexibility index (Phi) is 7.51. The molecule has 2 rings (SSSR count). The van der Waals surface area contributed by atoms with Gasteiger partial charge in [0.2, 0.25) is 5.91 Å². The summed E-state index contributed by atoms with van der Waals surface area (Å²) in [5.41, 5.74) is 6.28. The summed E-state index contributed by atoms with van der Waals surface area (Å²) in [5.74, 6) is -1.06. The van der Waals surface area contributed by atoms with Crippen molar-refractivity contribution in [2.45, 2.75) is 6.42 Å². The van der Waals surface area contributed by atoms with E-state index < -0.39 is 5.92 Å². The second-order valence-corrected chi connectivity index (χ2v) is 5.11. The Labute approximate surface area is 141 Å². The van der Waals surface area contributed by atoms with Gasteiger partial charge in [-0.1, -0.05) is 42.5 Å². The first-order chi connectivity index (χ1) is 10.6. The summed E-state index contributed by atoms with van der Waals surface area (Å²) in [6.45, 7) is 0.124. The summed E-state index contributed by atoms with van der Waals surface area (Å²) in [7, 11) is 1.35. The van der Waals surface area contributed by atoms with Gasteiger partial charge in [-0.3, -0.25) is 9.59 Å². The lowest BCUT2D eigenvalue weighted by Gasteiger charge is -2.15. The van der Waals surface area contributed by atoms with E-state index in [2.05, 4.69) is 11.4 Å². The van der Waals surface area contributed by atoms with E-state index in [-0.39, 0.29) is 37.4 Å². The molecule has 0 spiro atoms. The van der Waals surface area contributed by atoms with Gasteiger partial charge in [0, 0.05) is 6.54 Å². The molecule has 0 aliphatic heterocycles. The highest BCUT2D eigenvalue weighted by molar-refractivity contribution is 5.85. The van der Waals surface area contributed by atoms with Gasteiger partial charge in [-0.2, -0.15) is 0 Å². The van der Waals surface area contributed by atoms with Crippen LogP contribution in [-0.4, -0.2) is 32.1 Å². The van der Waals surface area contributed by atoms with E-state index in [4.69, 9.17) is 10.5 Å². The molecule has 0 heterocycles. The number of fused-ring (bicyclic) bond motifs is 1. The largest absolute Gasteiger partial charge is 0.469 e. The lowest BCUT2D eigenvalue weighted by Crippen LogP contribution is -2.37. The number of carbonyl (C=O) groups is 2. The van der Waals surface area contributed by atoms with Crippen molar-refractivity contribution in [3.05, 3.63) is 48.0 Å². The van der Waals surface area contributed by atoms with Gasteiger partial charge in [0.25, 0.3) is 0 Å². The highest BCUT2D eigenvalue weighted by atomic mass is 35.5. The smallest absolute Gasteiger partial charge is 0.310 e. The van der Waals surface area contributed by atoms with Crippen molar-refractivity contribution < 1.29 is 14.3 Å². The predicted octanol–water partition coefficient (Wildman–Crippen LogP) is 1.67. The summed E-state index contributed by atoms with van der Waals surface area (Å²) >= 11 is 0. The fourth-order valence-corrected chi connectivity index (χ4v) is 2.36. The maximum atomic E-state index is 11.9. The molecule has 0 radical (unpaired) electrons. The van der Waals surface area contributed by atoms with E-state index in [9.17, 15) is 9.59 Å². The van der Waals surface area contributed by atoms with Crippen LogP contribution in [0.25, 0.3) is 10.8 Å². The van der Waals surface area contributed by atoms with E-state index in [1.54, 1.807) is 0 Å². The van der Waals surface area contributed by atoms with E-state index in [0.717, 1.165) is 16.3 Å². The molecule has 1 unspecified atom stereocenters. The lowest BCUT2D eigenvalue weighted by molar-refractivity contribution is -0.145. The van der Waals surface area contributed by atoms with Crippen molar-refractivity contribution in [3.63, 3.8) is 0 Å². The molecule has 6 heteroatoms. The van der Waals surface area contributed by atoms with Crippen LogP contribution in [0.1, 0.15) is 5.56 Å². The molecule has 0 bridgehead atoms. The third kappa shape index (κ3) is 5.23. The van der Waals surface area contributed by atoms with Gasteiger partial charge in [0.15, 0.2) is 0 Å². The molecule has 0 saturated carbocycles. The van der Waals surface area contributed by atoms with Crippen LogP contribution >= 0.6 is 12.4 Å². The molecular formula is C17H21ClN2O3. The zero-order valence-corrected chi connectivity index (χ0v) is 13.8. The molecule has 23 heavy (non-hydrogen) atoms. The van der Waals surface area contributed by atoms with Crippen molar-refractivity contribution in [2.24, 2.45) is 11.7 Å². The number of nitrogens with two attached hydrogens (primary N) is 1. The fourth-order valence-electron chi connectivity index (χ4n) is 2.36. The van der Waals surface area contributed by atoms with Gasteiger partial charge in [-0.05, 0) is 22.8 Å². The van der Waals surface area contributed by atoms with E-state index in [1.807, 2.05) is 36.4 Å². The summed E-state index contributed by atoms with van der Waals surface area (Å²) in [6, 6.07) is 14.1. The number of benzene rings is 2. The molecule has 2 aromatic rings.